The van der Waals surface area contributed by atoms with Gasteiger partial charge in [0.05, 0.1) is 0 Å². The zero-order chi connectivity index (χ0) is 14.8. The Hall–Kier alpha value is -2.37. The van der Waals surface area contributed by atoms with Crippen molar-refractivity contribution >= 4 is 6.29 Å². The monoisotopic (exact) mass is 284 g/mol. The highest BCUT2D eigenvalue weighted by Crippen LogP contribution is 2.28. The molecule has 6 heteroatoms. The molecule has 0 amide bonds. The lowest BCUT2D eigenvalue weighted by molar-refractivity contribution is -0.274. The van der Waals surface area contributed by atoms with Gasteiger partial charge in [0.2, 0.25) is 0 Å². The van der Waals surface area contributed by atoms with Crippen LogP contribution in [-0.2, 0) is 0 Å². The first-order valence-electron chi connectivity index (χ1n) is 5.50. The third-order valence-corrected chi connectivity index (χ3v) is 2.53. The molecule has 2 aromatic rings. The molecule has 104 valence electrons. The van der Waals surface area contributed by atoms with Crippen LogP contribution in [0.1, 0.15) is 10.4 Å². The van der Waals surface area contributed by atoms with E-state index in [4.69, 9.17) is 0 Å². The SMILES string of the molecule is O=Cc1ccc(-c2ccc(OC(F)(F)F)cc2)c(F)c1. The minimum Gasteiger partial charge on any atom is -0.406 e. The first-order valence-corrected chi connectivity index (χ1v) is 5.50. The van der Waals surface area contributed by atoms with E-state index < -0.39 is 12.2 Å². The molecule has 20 heavy (non-hydrogen) atoms. The fourth-order valence-electron chi connectivity index (χ4n) is 1.67. The van der Waals surface area contributed by atoms with Crippen LogP contribution in [0.2, 0.25) is 0 Å². The minimum absolute atomic E-state index is 0.184. The Morgan fingerprint density at radius 3 is 2.15 bits per heavy atom. The summed E-state index contributed by atoms with van der Waals surface area (Å²) in [5.74, 6) is -1.01. The highest BCUT2D eigenvalue weighted by Gasteiger charge is 2.30. The minimum atomic E-state index is -4.77. The van der Waals surface area contributed by atoms with Crippen LogP contribution < -0.4 is 4.74 Å². The molecule has 0 aliphatic heterocycles. The Morgan fingerprint density at radius 1 is 1.00 bits per heavy atom. The maximum Gasteiger partial charge on any atom is 0.573 e. The summed E-state index contributed by atoms with van der Waals surface area (Å²) in [5, 5.41) is 0. The van der Waals surface area contributed by atoms with Crippen molar-refractivity contribution in [1.82, 2.24) is 0 Å². The predicted molar refractivity (Wildman–Crippen MR) is 63.9 cm³/mol. The average molecular weight is 284 g/mol. The number of hydrogen-bond acceptors (Lipinski definition) is 2. The molecule has 0 bridgehead atoms. The molecule has 0 radical (unpaired) electrons. The summed E-state index contributed by atoms with van der Waals surface area (Å²) >= 11 is 0. The molecule has 0 saturated heterocycles. The zero-order valence-electron chi connectivity index (χ0n) is 9.95. The van der Waals surface area contributed by atoms with E-state index in [1.54, 1.807) is 0 Å². The van der Waals surface area contributed by atoms with Gasteiger partial charge in [-0.1, -0.05) is 24.3 Å². The van der Waals surface area contributed by atoms with Crippen molar-refractivity contribution in [2.45, 2.75) is 6.36 Å². The quantitative estimate of drug-likeness (QED) is 0.623. The summed E-state index contributed by atoms with van der Waals surface area (Å²) < 4.78 is 53.4. The topological polar surface area (TPSA) is 26.3 Å². The molecule has 0 aliphatic carbocycles. The molecular weight excluding hydrogens is 276 g/mol. The molecule has 2 nitrogen and oxygen atoms in total. The number of carbonyl (C=O) groups is 1. The van der Waals surface area contributed by atoms with E-state index in [1.807, 2.05) is 0 Å². The molecule has 0 saturated carbocycles. The van der Waals surface area contributed by atoms with Crippen LogP contribution in [0.25, 0.3) is 11.1 Å². The summed E-state index contributed by atoms with van der Waals surface area (Å²) in [5.41, 5.74) is 0.756. The number of rotatable bonds is 3. The summed E-state index contributed by atoms with van der Waals surface area (Å²) in [6, 6.07) is 8.67. The van der Waals surface area contributed by atoms with Crippen molar-refractivity contribution in [3.63, 3.8) is 0 Å². The highest BCUT2D eigenvalue weighted by atomic mass is 19.4. The van der Waals surface area contributed by atoms with Crippen LogP contribution in [0, 0.1) is 5.82 Å². The smallest absolute Gasteiger partial charge is 0.406 e. The van der Waals surface area contributed by atoms with E-state index in [-0.39, 0.29) is 16.9 Å². The highest BCUT2D eigenvalue weighted by molar-refractivity contribution is 5.77. The first kappa shape index (κ1) is 14.0. The molecule has 0 fully saturated rings. The van der Waals surface area contributed by atoms with Crippen molar-refractivity contribution < 1.29 is 27.1 Å². The molecule has 2 rings (SSSR count). The van der Waals surface area contributed by atoms with E-state index in [9.17, 15) is 22.4 Å². The summed E-state index contributed by atoms with van der Waals surface area (Å²) in [6.07, 6.45) is -4.26. The first-order chi connectivity index (χ1) is 9.39. The Labute approximate surface area is 111 Å². The third kappa shape index (κ3) is 3.34. The van der Waals surface area contributed by atoms with Crippen molar-refractivity contribution in [1.29, 1.82) is 0 Å². The molecule has 0 unspecified atom stereocenters. The van der Waals surface area contributed by atoms with Gasteiger partial charge in [-0.2, -0.15) is 0 Å². The molecule has 0 spiro atoms. The number of ether oxygens (including phenoxy) is 1. The van der Waals surface area contributed by atoms with E-state index in [2.05, 4.69) is 4.74 Å². The lowest BCUT2D eigenvalue weighted by atomic mass is 10.0. The van der Waals surface area contributed by atoms with Gasteiger partial charge >= 0.3 is 6.36 Å². The van der Waals surface area contributed by atoms with E-state index >= 15 is 0 Å². The Morgan fingerprint density at radius 2 is 1.65 bits per heavy atom. The molecule has 0 heterocycles. The number of aldehydes is 1. The molecule has 0 aromatic heterocycles. The number of hydrogen-bond donors (Lipinski definition) is 0. The fourth-order valence-corrected chi connectivity index (χ4v) is 1.67. The maximum atomic E-state index is 13.7. The Bertz CT molecular complexity index is 618. The Kier molecular flexibility index (Phi) is 3.74. The van der Waals surface area contributed by atoms with Crippen LogP contribution in [0.5, 0.6) is 5.75 Å². The number of benzene rings is 2. The Balaban J connectivity index is 2.28. The van der Waals surface area contributed by atoms with Crippen molar-refractivity contribution in [2.75, 3.05) is 0 Å². The summed E-state index contributed by atoms with van der Waals surface area (Å²) in [6.45, 7) is 0. The second kappa shape index (κ2) is 5.32. The van der Waals surface area contributed by atoms with E-state index in [0.29, 0.717) is 11.8 Å². The van der Waals surface area contributed by atoms with Gasteiger partial charge in [0.1, 0.15) is 17.9 Å². The second-order valence-corrected chi connectivity index (χ2v) is 3.93. The van der Waals surface area contributed by atoms with Gasteiger partial charge in [0, 0.05) is 11.1 Å². The van der Waals surface area contributed by atoms with Crippen LogP contribution >= 0.6 is 0 Å². The summed E-state index contributed by atoms with van der Waals surface area (Å²) in [4.78, 5) is 10.5. The molecule has 0 N–H and O–H groups in total. The summed E-state index contributed by atoms with van der Waals surface area (Å²) in [7, 11) is 0. The second-order valence-electron chi connectivity index (χ2n) is 3.93. The fraction of sp³-hybridized carbons (Fsp3) is 0.0714. The van der Waals surface area contributed by atoms with Crippen molar-refractivity contribution in [2.24, 2.45) is 0 Å². The zero-order valence-corrected chi connectivity index (χ0v) is 9.95. The largest absolute Gasteiger partial charge is 0.573 e. The molecule has 0 aliphatic rings. The van der Waals surface area contributed by atoms with Crippen molar-refractivity contribution in [3.05, 3.63) is 53.8 Å². The van der Waals surface area contributed by atoms with Gasteiger partial charge in [-0.25, -0.2) is 4.39 Å². The number of alkyl halides is 3. The normalized spacial score (nSPS) is 11.2. The van der Waals surface area contributed by atoms with E-state index in [1.165, 1.54) is 24.3 Å². The van der Waals surface area contributed by atoms with Gasteiger partial charge in [-0.15, -0.1) is 13.2 Å². The predicted octanol–water partition coefficient (Wildman–Crippen LogP) is 4.20. The van der Waals surface area contributed by atoms with Crippen molar-refractivity contribution in [3.8, 4) is 16.9 Å². The molecule has 2 aromatic carbocycles. The van der Waals surface area contributed by atoms with Gasteiger partial charge in [-0.05, 0) is 23.8 Å². The van der Waals surface area contributed by atoms with E-state index in [0.717, 1.165) is 18.2 Å². The van der Waals surface area contributed by atoms with Crippen LogP contribution in [-0.4, -0.2) is 12.6 Å². The standard InChI is InChI=1S/C14H8F4O2/c15-13-7-9(8-19)1-6-12(13)10-2-4-11(5-3-10)20-14(16,17)18/h1-8H. The van der Waals surface area contributed by atoms with Gasteiger partial charge in [-0.3, -0.25) is 4.79 Å². The molecular formula is C14H8F4O2. The van der Waals surface area contributed by atoms with Gasteiger partial charge in [0.15, 0.2) is 0 Å². The number of halogens is 4. The van der Waals surface area contributed by atoms with Crippen LogP contribution in [0.3, 0.4) is 0 Å². The van der Waals surface area contributed by atoms with Crippen LogP contribution in [0.15, 0.2) is 42.5 Å². The number of carbonyl (C=O) groups excluding carboxylic acids is 1. The van der Waals surface area contributed by atoms with Gasteiger partial charge in [0.25, 0.3) is 0 Å². The average Bonchev–Trinajstić information content (AvgIpc) is 2.38. The van der Waals surface area contributed by atoms with Crippen LogP contribution in [0.4, 0.5) is 17.6 Å². The maximum absolute atomic E-state index is 13.7. The lowest BCUT2D eigenvalue weighted by Gasteiger charge is -2.09. The van der Waals surface area contributed by atoms with Gasteiger partial charge < -0.3 is 4.74 Å². The molecule has 0 atom stereocenters. The lowest BCUT2D eigenvalue weighted by Crippen LogP contribution is -2.16. The third-order valence-electron chi connectivity index (χ3n) is 2.53.